The van der Waals surface area contributed by atoms with E-state index in [1.165, 1.54) is 0 Å². The van der Waals surface area contributed by atoms with E-state index in [0.29, 0.717) is 13.1 Å². The van der Waals surface area contributed by atoms with Gasteiger partial charge in [-0.25, -0.2) is 9.67 Å². The van der Waals surface area contributed by atoms with E-state index in [-0.39, 0.29) is 11.8 Å². The number of aromatic nitrogens is 3. The number of rotatable bonds is 6. The summed E-state index contributed by atoms with van der Waals surface area (Å²) >= 11 is 0. The van der Waals surface area contributed by atoms with Crippen molar-refractivity contribution in [1.82, 2.24) is 14.8 Å². The lowest BCUT2D eigenvalue weighted by Crippen LogP contribution is -2.41. The summed E-state index contributed by atoms with van der Waals surface area (Å²) in [4.78, 5) is 18.0. The molecular formula is C17H22N6O. The number of amides is 1. The lowest BCUT2D eigenvalue weighted by molar-refractivity contribution is -0.122. The first-order chi connectivity index (χ1) is 11.7. The molecule has 1 amide bonds. The summed E-state index contributed by atoms with van der Waals surface area (Å²) in [6, 6.07) is 3.97. The fraction of sp³-hybridized carbons (Fsp3) is 0.353. The zero-order valence-electron chi connectivity index (χ0n) is 13.6. The van der Waals surface area contributed by atoms with Crippen LogP contribution in [0.5, 0.6) is 0 Å². The molecule has 126 valence electrons. The van der Waals surface area contributed by atoms with Crippen LogP contribution in [0.4, 0.5) is 11.5 Å². The van der Waals surface area contributed by atoms with E-state index in [4.69, 9.17) is 5.73 Å². The molecule has 0 unspecified atom stereocenters. The second kappa shape index (κ2) is 7.16. The topological polar surface area (TPSA) is 89.1 Å². The van der Waals surface area contributed by atoms with Gasteiger partial charge in [-0.1, -0.05) is 6.58 Å². The summed E-state index contributed by atoms with van der Waals surface area (Å²) in [5, 5.41) is 7.45. The van der Waals surface area contributed by atoms with Gasteiger partial charge in [0, 0.05) is 37.6 Å². The molecule has 1 aliphatic heterocycles. The predicted molar refractivity (Wildman–Crippen MR) is 94.3 cm³/mol. The third kappa shape index (κ3) is 3.73. The second-order valence-electron chi connectivity index (χ2n) is 5.96. The van der Waals surface area contributed by atoms with Crippen molar-refractivity contribution in [2.45, 2.75) is 19.4 Å². The average Bonchev–Trinajstić information content (AvgIpc) is 3.08. The number of pyridine rings is 1. The Balaban J connectivity index is 1.58. The number of carbonyl (C=O) groups is 1. The summed E-state index contributed by atoms with van der Waals surface area (Å²) in [6.07, 6.45) is 9.00. The number of hydrogen-bond acceptors (Lipinski definition) is 5. The summed E-state index contributed by atoms with van der Waals surface area (Å²) in [5.74, 6) is 0.573. The van der Waals surface area contributed by atoms with Crippen molar-refractivity contribution in [2.24, 2.45) is 11.7 Å². The van der Waals surface area contributed by atoms with Crippen LogP contribution in [0.3, 0.4) is 0 Å². The molecule has 24 heavy (non-hydrogen) atoms. The Bertz CT molecular complexity index is 708. The van der Waals surface area contributed by atoms with Crippen molar-refractivity contribution in [3.8, 4) is 0 Å². The molecule has 3 heterocycles. The first kappa shape index (κ1) is 16.0. The molecule has 3 rings (SSSR count). The highest BCUT2D eigenvalue weighted by Crippen LogP contribution is 2.22. The summed E-state index contributed by atoms with van der Waals surface area (Å²) < 4.78 is 1.67. The molecule has 0 saturated carbocycles. The van der Waals surface area contributed by atoms with E-state index in [9.17, 15) is 4.79 Å². The SMILES string of the molecule is C=Cn1cc(CNc2ccc(N3CCC[C@H](C(N)=O)C3)nc2)cn1. The number of carbonyl (C=O) groups excluding carboxylic acids is 1. The maximum absolute atomic E-state index is 11.4. The van der Waals surface area contributed by atoms with Crippen LogP contribution in [0.1, 0.15) is 18.4 Å². The largest absolute Gasteiger partial charge is 0.380 e. The molecule has 2 aromatic heterocycles. The van der Waals surface area contributed by atoms with Gasteiger partial charge in [-0.2, -0.15) is 5.10 Å². The normalized spacial score (nSPS) is 17.5. The Morgan fingerprint density at radius 3 is 3.00 bits per heavy atom. The van der Waals surface area contributed by atoms with E-state index in [0.717, 1.165) is 36.5 Å². The Morgan fingerprint density at radius 2 is 2.33 bits per heavy atom. The van der Waals surface area contributed by atoms with Crippen molar-refractivity contribution >= 4 is 23.6 Å². The van der Waals surface area contributed by atoms with E-state index in [1.54, 1.807) is 23.3 Å². The van der Waals surface area contributed by atoms with Gasteiger partial charge in [0.25, 0.3) is 0 Å². The minimum absolute atomic E-state index is 0.0836. The molecule has 1 atom stereocenters. The van der Waals surface area contributed by atoms with Gasteiger partial charge in [-0.3, -0.25) is 4.79 Å². The average molecular weight is 326 g/mol. The highest BCUT2D eigenvalue weighted by Gasteiger charge is 2.24. The quantitative estimate of drug-likeness (QED) is 0.843. The number of primary amides is 1. The standard InChI is InChI=1S/C17H22N6O/c1-2-23-11-13(9-21-23)8-19-15-5-6-16(20-10-15)22-7-3-4-14(12-22)17(18)24/h2,5-6,9-11,14,19H,1,3-4,7-8,12H2,(H2,18,24)/t14-/m0/s1. The third-order valence-corrected chi connectivity index (χ3v) is 4.23. The van der Waals surface area contributed by atoms with Crippen molar-refractivity contribution in [2.75, 3.05) is 23.3 Å². The maximum Gasteiger partial charge on any atom is 0.222 e. The van der Waals surface area contributed by atoms with Gasteiger partial charge in [-0.05, 0) is 25.0 Å². The molecule has 0 radical (unpaired) electrons. The lowest BCUT2D eigenvalue weighted by atomic mass is 9.97. The zero-order valence-corrected chi connectivity index (χ0v) is 13.6. The molecular weight excluding hydrogens is 304 g/mol. The number of nitrogens with two attached hydrogens (primary N) is 1. The number of hydrogen-bond donors (Lipinski definition) is 2. The van der Waals surface area contributed by atoms with Gasteiger partial charge >= 0.3 is 0 Å². The zero-order chi connectivity index (χ0) is 16.9. The molecule has 7 heteroatoms. The van der Waals surface area contributed by atoms with Gasteiger partial charge in [0.05, 0.1) is 24.0 Å². The molecule has 1 aliphatic rings. The van der Waals surface area contributed by atoms with Crippen LogP contribution in [0.15, 0.2) is 37.3 Å². The Kier molecular flexibility index (Phi) is 4.79. The van der Waals surface area contributed by atoms with Crippen LogP contribution in [-0.2, 0) is 11.3 Å². The molecule has 0 aliphatic carbocycles. The smallest absolute Gasteiger partial charge is 0.222 e. The minimum Gasteiger partial charge on any atom is -0.380 e. The third-order valence-electron chi connectivity index (χ3n) is 4.23. The number of nitrogens with zero attached hydrogens (tertiary/aromatic N) is 4. The molecule has 1 saturated heterocycles. The second-order valence-corrected chi connectivity index (χ2v) is 5.96. The summed E-state index contributed by atoms with van der Waals surface area (Å²) in [5.41, 5.74) is 7.44. The van der Waals surface area contributed by atoms with E-state index >= 15 is 0 Å². The Labute approximate surface area is 141 Å². The molecule has 2 aromatic rings. The fourth-order valence-electron chi connectivity index (χ4n) is 2.87. The van der Waals surface area contributed by atoms with Gasteiger partial charge in [0.1, 0.15) is 5.82 Å². The van der Waals surface area contributed by atoms with Gasteiger partial charge in [-0.15, -0.1) is 0 Å². The van der Waals surface area contributed by atoms with Crippen LogP contribution in [0.25, 0.3) is 6.20 Å². The van der Waals surface area contributed by atoms with Gasteiger partial charge in [0.15, 0.2) is 0 Å². The van der Waals surface area contributed by atoms with Crippen LogP contribution in [-0.4, -0.2) is 33.8 Å². The number of anilines is 2. The van der Waals surface area contributed by atoms with E-state index in [2.05, 4.69) is 26.9 Å². The number of nitrogens with one attached hydrogen (secondary N) is 1. The minimum atomic E-state index is -0.224. The predicted octanol–water partition coefficient (Wildman–Crippen LogP) is 1.69. The van der Waals surface area contributed by atoms with Crippen LogP contribution < -0.4 is 16.0 Å². The monoisotopic (exact) mass is 326 g/mol. The van der Waals surface area contributed by atoms with Crippen molar-refractivity contribution < 1.29 is 4.79 Å². The highest BCUT2D eigenvalue weighted by molar-refractivity contribution is 5.77. The van der Waals surface area contributed by atoms with Gasteiger partial charge < -0.3 is 16.0 Å². The Morgan fingerprint density at radius 1 is 1.46 bits per heavy atom. The molecule has 7 nitrogen and oxygen atoms in total. The molecule has 1 fully saturated rings. The van der Waals surface area contributed by atoms with Crippen LogP contribution >= 0.6 is 0 Å². The molecule has 3 N–H and O–H groups in total. The van der Waals surface area contributed by atoms with E-state index in [1.807, 2.05) is 18.3 Å². The summed E-state index contributed by atoms with van der Waals surface area (Å²) in [6.45, 7) is 5.89. The highest BCUT2D eigenvalue weighted by atomic mass is 16.1. The van der Waals surface area contributed by atoms with Crippen molar-refractivity contribution in [3.63, 3.8) is 0 Å². The molecule has 0 spiro atoms. The van der Waals surface area contributed by atoms with Crippen LogP contribution in [0.2, 0.25) is 0 Å². The fourth-order valence-corrected chi connectivity index (χ4v) is 2.87. The molecule has 0 aromatic carbocycles. The Hall–Kier alpha value is -2.83. The molecule has 0 bridgehead atoms. The maximum atomic E-state index is 11.4. The first-order valence-corrected chi connectivity index (χ1v) is 8.05. The number of piperidine rings is 1. The summed E-state index contributed by atoms with van der Waals surface area (Å²) in [7, 11) is 0. The van der Waals surface area contributed by atoms with Crippen molar-refractivity contribution in [3.05, 3.63) is 42.9 Å². The first-order valence-electron chi connectivity index (χ1n) is 8.05. The van der Waals surface area contributed by atoms with Crippen molar-refractivity contribution in [1.29, 1.82) is 0 Å². The van der Waals surface area contributed by atoms with Crippen LogP contribution in [0, 0.1) is 5.92 Å². The lowest BCUT2D eigenvalue weighted by Gasteiger charge is -2.32. The van der Waals surface area contributed by atoms with E-state index < -0.39 is 0 Å². The van der Waals surface area contributed by atoms with Gasteiger partial charge in [0.2, 0.25) is 5.91 Å².